The lowest BCUT2D eigenvalue weighted by atomic mass is 9.99. The molecular weight excluding hydrogens is 895 g/mol. The molecule has 416 valence electrons. The van der Waals surface area contributed by atoms with Gasteiger partial charge in [-0.3, -0.25) is 9.59 Å². The Bertz CT molecular complexity index is 1290. The minimum atomic E-state index is -1.61. The van der Waals surface area contributed by atoms with Crippen LogP contribution >= 0.6 is 0 Å². The molecule has 0 spiro atoms. The highest BCUT2D eigenvalue weighted by Gasteiger charge is 2.47. The summed E-state index contributed by atoms with van der Waals surface area (Å²) >= 11 is 0. The Kier molecular flexibility index (Phi) is 46.0. The van der Waals surface area contributed by atoms with E-state index in [1.54, 1.807) is 6.08 Å². The third kappa shape index (κ3) is 37.3. The molecule has 1 rings (SSSR count). The second-order valence-corrected chi connectivity index (χ2v) is 20.8. The summed E-state index contributed by atoms with van der Waals surface area (Å²) in [6.07, 6.45) is 46.0. The van der Waals surface area contributed by atoms with Gasteiger partial charge >= 0.3 is 5.97 Å². The number of hydrogen-bond acceptors (Lipinski definition) is 10. The van der Waals surface area contributed by atoms with Crippen LogP contribution in [0.5, 0.6) is 0 Å². The molecule has 1 heterocycles. The van der Waals surface area contributed by atoms with Crippen molar-refractivity contribution in [1.29, 1.82) is 0 Å². The molecule has 0 aromatic carbocycles. The van der Waals surface area contributed by atoms with Crippen LogP contribution in [0, 0.1) is 0 Å². The molecule has 0 aliphatic carbocycles. The average Bonchev–Trinajstić information content (AvgIpc) is 3.37. The zero-order chi connectivity index (χ0) is 51.8. The van der Waals surface area contributed by atoms with Crippen LogP contribution in [0.15, 0.2) is 36.5 Å². The van der Waals surface area contributed by atoms with Gasteiger partial charge in [0.15, 0.2) is 12.4 Å². The molecular formula is C60H111NO10. The van der Waals surface area contributed by atoms with E-state index in [1.807, 2.05) is 6.08 Å². The van der Waals surface area contributed by atoms with E-state index in [-0.39, 0.29) is 13.0 Å². The molecule has 11 nitrogen and oxygen atoms in total. The highest BCUT2D eigenvalue weighted by atomic mass is 16.7. The summed E-state index contributed by atoms with van der Waals surface area (Å²) in [5.74, 6) is -1.20. The number of esters is 1. The summed E-state index contributed by atoms with van der Waals surface area (Å²) in [5, 5.41) is 56.9. The van der Waals surface area contributed by atoms with E-state index in [9.17, 15) is 35.1 Å². The fraction of sp³-hybridized carbons (Fsp3) is 0.867. The molecule has 6 N–H and O–H groups in total. The molecule has 1 aliphatic heterocycles. The minimum absolute atomic E-state index is 0.112. The van der Waals surface area contributed by atoms with Crippen LogP contribution in [0.1, 0.15) is 271 Å². The standard InChI is InChI=1S/C60H111NO10/c1-4-7-10-13-16-19-22-25-27-30-33-36-39-42-45-48-55(65)71-58-57(67)56(66)54(49-62)70-60(58)69-50-51(52(63)46-43-40-37-34-31-28-24-21-18-15-12-9-6-3)61-59(68)53(64)47-44-41-38-35-32-29-26-23-20-17-14-11-8-5-2/h16,19,22,25,43,46,51-54,56-58,60,62-64,66-67H,4-15,17-18,20-21,23-24,26-42,44-45,47-50H2,1-3H3,(H,61,68)/b19-16+,25-22+,46-43+. The first-order chi connectivity index (χ1) is 34.7. The zero-order valence-corrected chi connectivity index (χ0v) is 45.9. The number of rotatable bonds is 50. The molecule has 0 aromatic heterocycles. The number of unbranched alkanes of at least 4 members (excludes halogenated alkanes) is 33. The van der Waals surface area contributed by atoms with Gasteiger partial charge in [0, 0.05) is 6.42 Å². The van der Waals surface area contributed by atoms with Crippen LogP contribution in [-0.2, 0) is 23.8 Å². The number of carbonyl (C=O) groups is 2. The smallest absolute Gasteiger partial charge is 0.306 e. The van der Waals surface area contributed by atoms with Gasteiger partial charge in [-0.1, -0.05) is 250 Å². The topological polar surface area (TPSA) is 175 Å². The van der Waals surface area contributed by atoms with Crippen molar-refractivity contribution in [3.63, 3.8) is 0 Å². The lowest BCUT2D eigenvalue weighted by molar-refractivity contribution is -0.305. The highest BCUT2D eigenvalue weighted by molar-refractivity contribution is 5.80. The number of allylic oxidation sites excluding steroid dienone is 5. The van der Waals surface area contributed by atoms with E-state index >= 15 is 0 Å². The quantitative estimate of drug-likeness (QED) is 0.0149. The van der Waals surface area contributed by atoms with Gasteiger partial charge < -0.3 is 45.1 Å². The molecule has 8 unspecified atom stereocenters. The SMILES string of the molecule is CCCCC/C=C/C=C/CCCCCCCCC(=O)OC1C(OCC(NC(=O)C(O)CCCCCCCCCCCCCCCC)C(O)/C=C/CCCCCCCCCCCCC)OC(CO)C(O)C1O. The predicted molar refractivity (Wildman–Crippen MR) is 292 cm³/mol. The monoisotopic (exact) mass is 1010 g/mol. The third-order valence-electron chi connectivity index (χ3n) is 14.1. The second kappa shape index (κ2) is 48.8. The molecule has 11 heteroatoms. The van der Waals surface area contributed by atoms with E-state index in [4.69, 9.17) is 14.2 Å². The number of ether oxygens (including phenoxy) is 3. The summed E-state index contributed by atoms with van der Waals surface area (Å²) in [6, 6.07) is -1.02. The van der Waals surface area contributed by atoms with Crippen LogP contribution in [0.25, 0.3) is 0 Å². The Labute approximate surface area is 434 Å². The van der Waals surface area contributed by atoms with E-state index in [0.717, 1.165) is 83.5 Å². The fourth-order valence-corrected chi connectivity index (χ4v) is 9.29. The van der Waals surface area contributed by atoms with Gasteiger partial charge in [0.05, 0.1) is 25.4 Å². The Morgan fingerprint density at radius 3 is 1.44 bits per heavy atom. The maximum atomic E-state index is 13.4. The van der Waals surface area contributed by atoms with Gasteiger partial charge in [-0.05, 0) is 51.4 Å². The number of nitrogens with one attached hydrogen (secondary N) is 1. The zero-order valence-electron chi connectivity index (χ0n) is 45.9. The van der Waals surface area contributed by atoms with Crippen molar-refractivity contribution >= 4 is 11.9 Å². The van der Waals surface area contributed by atoms with Gasteiger partial charge in [-0.2, -0.15) is 0 Å². The first-order valence-electron chi connectivity index (χ1n) is 29.8. The number of carbonyl (C=O) groups excluding carboxylic acids is 2. The number of amides is 1. The first-order valence-corrected chi connectivity index (χ1v) is 29.8. The Balaban J connectivity index is 2.73. The number of hydrogen-bond donors (Lipinski definition) is 6. The minimum Gasteiger partial charge on any atom is -0.454 e. The summed E-state index contributed by atoms with van der Waals surface area (Å²) in [6.45, 7) is 5.76. The summed E-state index contributed by atoms with van der Waals surface area (Å²) in [7, 11) is 0. The lowest BCUT2D eigenvalue weighted by Gasteiger charge is -2.41. The van der Waals surface area contributed by atoms with Crippen LogP contribution < -0.4 is 5.32 Å². The van der Waals surface area contributed by atoms with Gasteiger partial charge in [0.25, 0.3) is 0 Å². The molecule has 8 atom stereocenters. The van der Waals surface area contributed by atoms with Crippen molar-refractivity contribution in [3.8, 4) is 0 Å². The van der Waals surface area contributed by atoms with Crippen LogP contribution in [0.2, 0.25) is 0 Å². The largest absolute Gasteiger partial charge is 0.454 e. The average molecular weight is 1010 g/mol. The fourth-order valence-electron chi connectivity index (χ4n) is 9.29. The van der Waals surface area contributed by atoms with Crippen LogP contribution in [0.4, 0.5) is 0 Å². The molecule has 0 radical (unpaired) electrons. The van der Waals surface area contributed by atoms with Crippen molar-refractivity contribution in [2.75, 3.05) is 13.2 Å². The van der Waals surface area contributed by atoms with Crippen molar-refractivity contribution in [2.24, 2.45) is 0 Å². The van der Waals surface area contributed by atoms with Gasteiger partial charge in [0.2, 0.25) is 5.91 Å². The Morgan fingerprint density at radius 2 is 0.958 bits per heavy atom. The van der Waals surface area contributed by atoms with Crippen molar-refractivity contribution in [2.45, 2.75) is 320 Å². The van der Waals surface area contributed by atoms with Crippen molar-refractivity contribution in [3.05, 3.63) is 36.5 Å². The molecule has 0 bridgehead atoms. The lowest BCUT2D eigenvalue weighted by Crippen LogP contribution is -2.61. The molecule has 1 amide bonds. The van der Waals surface area contributed by atoms with Gasteiger partial charge in [-0.25, -0.2) is 0 Å². The maximum absolute atomic E-state index is 13.4. The summed E-state index contributed by atoms with van der Waals surface area (Å²) in [5.41, 5.74) is 0. The van der Waals surface area contributed by atoms with E-state index < -0.39 is 67.4 Å². The van der Waals surface area contributed by atoms with Crippen LogP contribution in [0.3, 0.4) is 0 Å². The molecule has 1 aliphatic rings. The van der Waals surface area contributed by atoms with E-state index in [2.05, 4.69) is 50.4 Å². The predicted octanol–water partition coefficient (Wildman–Crippen LogP) is 13.5. The second-order valence-electron chi connectivity index (χ2n) is 20.8. The number of aliphatic hydroxyl groups excluding tert-OH is 5. The third-order valence-corrected chi connectivity index (χ3v) is 14.1. The molecule has 0 saturated carbocycles. The maximum Gasteiger partial charge on any atom is 0.306 e. The number of aliphatic hydroxyl groups is 5. The molecule has 0 aromatic rings. The van der Waals surface area contributed by atoms with Gasteiger partial charge in [-0.15, -0.1) is 0 Å². The summed E-state index contributed by atoms with van der Waals surface area (Å²) in [4.78, 5) is 26.5. The highest BCUT2D eigenvalue weighted by Crippen LogP contribution is 2.26. The molecule has 1 fully saturated rings. The normalized spacial score (nSPS) is 19.8. The van der Waals surface area contributed by atoms with E-state index in [0.29, 0.717) is 19.3 Å². The molecule has 1 saturated heterocycles. The van der Waals surface area contributed by atoms with Crippen molar-refractivity contribution < 1.29 is 49.3 Å². The Hall–Kier alpha value is -2.12. The van der Waals surface area contributed by atoms with E-state index in [1.165, 1.54) is 141 Å². The first kappa shape index (κ1) is 66.9. The van der Waals surface area contributed by atoms with Crippen molar-refractivity contribution in [1.82, 2.24) is 5.32 Å². The van der Waals surface area contributed by atoms with Gasteiger partial charge in [0.1, 0.15) is 24.4 Å². The van der Waals surface area contributed by atoms with Crippen LogP contribution in [-0.4, -0.2) is 99.6 Å². The molecule has 71 heavy (non-hydrogen) atoms. The summed E-state index contributed by atoms with van der Waals surface area (Å²) < 4.78 is 17.6. The Morgan fingerprint density at radius 1 is 0.549 bits per heavy atom.